The molecule has 0 aliphatic rings. The van der Waals surface area contributed by atoms with Crippen LogP contribution in [0.2, 0.25) is 0 Å². The Balaban J connectivity index is 2.92. The number of aliphatic hydroxyl groups is 2. The van der Waals surface area contributed by atoms with Crippen molar-refractivity contribution in [3.63, 3.8) is 0 Å². The van der Waals surface area contributed by atoms with Crippen molar-refractivity contribution in [1.29, 1.82) is 0 Å². The third kappa shape index (κ3) is 3.98. The average Bonchev–Trinajstić information content (AvgIpc) is 2.29. The van der Waals surface area contributed by atoms with Crippen LogP contribution in [0.4, 0.5) is 4.39 Å². The van der Waals surface area contributed by atoms with Crippen molar-refractivity contribution < 1.29 is 14.6 Å². The van der Waals surface area contributed by atoms with Gasteiger partial charge < -0.3 is 10.2 Å². The first-order valence-electron chi connectivity index (χ1n) is 5.67. The van der Waals surface area contributed by atoms with Crippen LogP contribution < -0.4 is 0 Å². The topological polar surface area (TPSA) is 40.5 Å². The zero-order valence-corrected chi connectivity index (χ0v) is 11.2. The van der Waals surface area contributed by atoms with E-state index in [0.29, 0.717) is 11.1 Å². The lowest BCUT2D eigenvalue weighted by Gasteiger charge is -2.15. The molecular formula is C13H19FO2S. The minimum atomic E-state index is -0.683. The smallest absolute Gasteiger partial charge is 0.126 e. The number of rotatable bonds is 5. The molecule has 0 fully saturated rings. The van der Waals surface area contributed by atoms with E-state index in [-0.39, 0.29) is 18.3 Å². The summed E-state index contributed by atoms with van der Waals surface area (Å²) in [6, 6.07) is 3.15. The Bertz CT molecular complexity index is 380. The van der Waals surface area contributed by atoms with Gasteiger partial charge in [0, 0.05) is 17.3 Å². The zero-order valence-electron chi connectivity index (χ0n) is 10.4. The third-order valence-corrected chi connectivity index (χ3v) is 3.98. The van der Waals surface area contributed by atoms with E-state index in [4.69, 9.17) is 5.11 Å². The molecule has 4 heteroatoms. The molecule has 0 aromatic heterocycles. The van der Waals surface area contributed by atoms with Gasteiger partial charge >= 0.3 is 0 Å². The van der Waals surface area contributed by atoms with Crippen LogP contribution in [-0.4, -0.2) is 22.6 Å². The fourth-order valence-electron chi connectivity index (χ4n) is 1.41. The van der Waals surface area contributed by atoms with Crippen LogP contribution in [0.5, 0.6) is 0 Å². The van der Waals surface area contributed by atoms with Gasteiger partial charge in [0.15, 0.2) is 0 Å². The van der Waals surface area contributed by atoms with Crippen LogP contribution in [0.25, 0.3) is 0 Å². The standard InChI is InChI=1S/C13H19FO2S/c1-8(6-15)7-17-13-4-9(2)12(14)5-11(13)10(3)16/h4-5,8,10,15-16H,6-7H2,1-3H3/t8?,10-/m1/s1. The fraction of sp³-hybridized carbons (Fsp3) is 0.538. The highest BCUT2D eigenvalue weighted by molar-refractivity contribution is 7.99. The zero-order chi connectivity index (χ0) is 13.0. The second-order valence-corrected chi connectivity index (χ2v) is 5.48. The molecular weight excluding hydrogens is 239 g/mol. The first-order chi connectivity index (χ1) is 7.95. The lowest BCUT2D eigenvalue weighted by Crippen LogP contribution is -2.05. The van der Waals surface area contributed by atoms with Gasteiger partial charge in [-0.2, -0.15) is 0 Å². The molecule has 0 saturated heterocycles. The molecule has 0 radical (unpaired) electrons. The number of hydrogen-bond donors (Lipinski definition) is 2. The Labute approximate surface area is 106 Å². The van der Waals surface area contributed by atoms with E-state index in [1.54, 1.807) is 31.7 Å². The summed E-state index contributed by atoms with van der Waals surface area (Å²) in [5, 5.41) is 18.6. The molecule has 1 aromatic carbocycles. The monoisotopic (exact) mass is 258 g/mol. The predicted molar refractivity (Wildman–Crippen MR) is 68.7 cm³/mol. The molecule has 1 unspecified atom stereocenters. The number of halogens is 1. The molecule has 2 nitrogen and oxygen atoms in total. The summed E-state index contributed by atoms with van der Waals surface area (Å²) in [7, 11) is 0. The van der Waals surface area contributed by atoms with Gasteiger partial charge in [0.25, 0.3) is 0 Å². The molecule has 0 spiro atoms. The maximum absolute atomic E-state index is 13.4. The number of thioether (sulfide) groups is 1. The van der Waals surface area contributed by atoms with Crippen molar-refractivity contribution in [3.8, 4) is 0 Å². The van der Waals surface area contributed by atoms with E-state index in [2.05, 4.69) is 0 Å². The quantitative estimate of drug-likeness (QED) is 0.798. The van der Waals surface area contributed by atoms with E-state index in [1.807, 2.05) is 6.92 Å². The highest BCUT2D eigenvalue weighted by atomic mass is 32.2. The molecule has 0 bridgehead atoms. The maximum Gasteiger partial charge on any atom is 0.126 e. The van der Waals surface area contributed by atoms with Gasteiger partial charge in [-0.15, -0.1) is 11.8 Å². The molecule has 0 saturated carbocycles. The van der Waals surface area contributed by atoms with E-state index < -0.39 is 6.10 Å². The molecule has 0 amide bonds. The number of aliphatic hydroxyl groups excluding tert-OH is 2. The predicted octanol–water partition coefficient (Wildman–Crippen LogP) is 2.91. The molecule has 17 heavy (non-hydrogen) atoms. The molecule has 0 aliphatic carbocycles. The number of hydrogen-bond acceptors (Lipinski definition) is 3. The van der Waals surface area contributed by atoms with Crippen LogP contribution >= 0.6 is 11.8 Å². The lowest BCUT2D eigenvalue weighted by molar-refractivity contribution is 0.196. The van der Waals surface area contributed by atoms with E-state index in [0.717, 1.165) is 10.6 Å². The first kappa shape index (κ1) is 14.5. The van der Waals surface area contributed by atoms with Crippen molar-refractivity contribution >= 4 is 11.8 Å². The molecule has 2 N–H and O–H groups in total. The molecule has 96 valence electrons. The Hall–Kier alpha value is -0.580. The molecule has 2 atom stereocenters. The van der Waals surface area contributed by atoms with Gasteiger partial charge in [0.2, 0.25) is 0 Å². The van der Waals surface area contributed by atoms with Crippen molar-refractivity contribution in [1.82, 2.24) is 0 Å². The summed E-state index contributed by atoms with van der Waals surface area (Å²) >= 11 is 1.54. The minimum Gasteiger partial charge on any atom is -0.396 e. The van der Waals surface area contributed by atoms with Crippen LogP contribution in [0.15, 0.2) is 17.0 Å². The van der Waals surface area contributed by atoms with Gasteiger partial charge in [-0.25, -0.2) is 4.39 Å². The summed E-state index contributed by atoms with van der Waals surface area (Å²) in [5.74, 6) is 0.647. The second kappa shape index (κ2) is 6.38. The normalized spacial score (nSPS) is 14.7. The summed E-state index contributed by atoms with van der Waals surface area (Å²) in [6.45, 7) is 5.42. The van der Waals surface area contributed by atoms with E-state index >= 15 is 0 Å². The number of aryl methyl sites for hydroxylation is 1. The Morgan fingerprint density at radius 1 is 1.35 bits per heavy atom. The Morgan fingerprint density at radius 2 is 2.00 bits per heavy atom. The summed E-state index contributed by atoms with van der Waals surface area (Å²) in [6.07, 6.45) is -0.683. The van der Waals surface area contributed by atoms with Crippen molar-refractivity contribution in [2.24, 2.45) is 5.92 Å². The van der Waals surface area contributed by atoms with Gasteiger partial charge in [-0.1, -0.05) is 6.92 Å². The summed E-state index contributed by atoms with van der Waals surface area (Å²) in [4.78, 5) is 0.888. The van der Waals surface area contributed by atoms with Crippen LogP contribution in [-0.2, 0) is 0 Å². The van der Waals surface area contributed by atoms with Crippen LogP contribution in [0.1, 0.15) is 31.1 Å². The largest absolute Gasteiger partial charge is 0.396 e. The number of benzene rings is 1. The average molecular weight is 258 g/mol. The first-order valence-corrected chi connectivity index (χ1v) is 6.66. The minimum absolute atomic E-state index is 0.136. The fourth-order valence-corrected chi connectivity index (χ4v) is 2.63. The highest BCUT2D eigenvalue weighted by Crippen LogP contribution is 2.31. The van der Waals surface area contributed by atoms with Crippen LogP contribution in [0, 0.1) is 18.7 Å². The summed E-state index contributed by atoms with van der Waals surface area (Å²) in [5.41, 5.74) is 1.19. The van der Waals surface area contributed by atoms with Crippen molar-refractivity contribution in [2.45, 2.75) is 31.8 Å². The van der Waals surface area contributed by atoms with Crippen LogP contribution in [0.3, 0.4) is 0 Å². The van der Waals surface area contributed by atoms with E-state index in [1.165, 1.54) is 6.07 Å². The van der Waals surface area contributed by atoms with Crippen molar-refractivity contribution in [2.75, 3.05) is 12.4 Å². The van der Waals surface area contributed by atoms with Gasteiger partial charge in [0.05, 0.1) is 6.10 Å². The molecule has 1 rings (SSSR count). The molecule has 1 aromatic rings. The lowest BCUT2D eigenvalue weighted by atomic mass is 10.1. The maximum atomic E-state index is 13.4. The van der Waals surface area contributed by atoms with Gasteiger partial charge in [0.1, 0.15) is 5.82 Å². The summed E-state index contributed by atoms with van der Waals surface area (Å²) < 4.78 is 13.4. The van der Waals surface area contributed by atoms with Gasteiger partial charge in [-0.05, 0) is 43.0 Å². The molecule has 0 heterocycles. The molecule has 0 aliphatic heterocycles. The van der Waals surface area contributed by atoms with Gasteiger partial charge in [-0.3, -0.25) is 0 Å². The SMILES string of the molecule is Cc1cc(SCC(C)CO)c([C@@H](C)O)cc1F. The van der Waals surface area contributed by atoms with E-state index in [9.17, 15) is 9.50 Å². The highest BCUT2D eigenvalue weighted by Gasteiger charge is 2.13. The van der Waals surface area contributed by atoms with Crippen molar-refractivity contribution in [3.05, 3.63) is 29.1 Å². The second-order valence-electron chi connectivity index (χ2n) is 4.41. The Kier molecular flexibility index (Phi) is 5.43. The third-order valence-electron chi connectivity index (χ3n) is 2.58. The Morgan fingerprint density at radius 3 is 2.53 bits per heavy atom.